The van der Waals surface area contributed by atoms with Crippen molar-refractivity contribution in [1.82, 2.24) is 25.3 Å². The van der Waals surface area contributed by atoms with E-state index in [1.165, 1.54) is 0 Å². The number of aromatic amines is 2. The molecule has 5 N–H and O–H groups in total. The van der Waals surface area contributed by atoms with Crippen LogP contribution in [0.15, 0.2) is 140 Å². The van der Waals surface area contributed by atoms with Crippen molar-refractivity contribution in [2.75, 3.05) is 104 Å². The van der Waals surface area contributed by atoms with Gasteiger partial charge in [-0.25, -0.2) is 14.8 Å². The number of carbonyl (C=O) groups is 3. The van der Waals surface area contributed by atoms with E-state index >= 15 is 0 Å². The highest BCUT2D eigenvalue weighted by Gasteiger charge is 2.20. The molecule has 7 aromatic rings. The van der Waals surface area contributed by atoms with E-state index in [-0.39, 0.29) is 45.5 Å². The molecule has 0 unspecified atom stereocenters. The Bertz CT molecular complexity index is 3240. The fraction of sp³-hybridized carbons (Fsp3) is 0.242. The average Bonchev–Trinajstić information content (AvgIpc) is 4.43. The van der Waals surface area contributed by atoms with Crippen LogP contribution >= 0.6 is 0 Å². The first-order chi connectivity index (χ1) is 38.9. The quantitative estimate of drug-likeness (QED) is 0.0276. The lowest BCUT2D eigenvalue weighted by atomic mass is 10.0. The van der Waals surface area contributed by atoms with Gasteiger partial charge in [0.15, 0.2) is 0 Å². The second kappa shape index (κ2) is 28.8. The summed E-state index contributed by atoms with van der Waals surface area (Å²) >= 11 is 0. The molecule has 0 saturated carbocycles. The Morgan fingerprint density at radius 2 is 0.747 bits per heavy atom. The fourth-order valence-corrected chi connectivity index (χ4v) is 8.96. The van der Waals surface area contributed by atoms with E-state index in [0.717, 1.165) is 89.4 Å². The first-order valence-electron chi connectivity index (χ1n) is 26.1. The SMILES string of the molecule is O=C(O)COCCOCCOCCOCCOCCOCCNC(=O)COCC(=O)Nc1ccc(-c2c3nc(c(-c4ccccc4)c4ccc([nH]4)c(-c4ccccc4)c4ccc([nH]4)c(-c4ccccc4)c4nc2C=C4)C=C3)cc1. The number of nitrogens with zero attached hydrogens (tertiary/aromatic N) is 2. The molecule has 2 aliphatic rings. The minimum atomic E-state index is -1.02. The zero-order valence-corrected chi connectivity index (χ0v) is 43.6. The van der Waals surface area contributed by atoms with Gasteiger partial charge in [0.25, 0.3) is 0 Å². The highest BCUT2D eigenvalue weighted by atomic mass is 16.6. The van der Waals surface area contributed by atoms with Crippen molar-refractivity contribution in [3.8, 4) is 44.5 Å². The minimum Gasteiger partial charge on any atom is -0.480 e. The van der Waals surface area contributed by atoms with Crippen LogP contribution in [0.5, 0.6) is 0 Å². The van der Waals surface area contributed by atoms with Gasteiger partial charge < -0.3 is 58.9 Å². The lowest BCUT2D eigenvalue weighted by Gasteiger charge is -2.10. The zero-order chi connectivity index (χ0) is 54.4. The third-order valence-electron chi connectivity index (χ3n) is 12.5. The molecular weight excluding hydrogens is 1000 g/mol. The number of carbonyl (C=O) groups excluding carboxylic acids is 2. The highest BCUT2D eigenvalue weighted by Crippen LogP contribution is 2.38. The minimum absolute atomic E-state index is 0.211. The Balaban J connectivity index is 0.815. The number of H-pyrrole nitrogens is 2. The smallest absolute Gasteiger partial charge is 0.329 e. The molecule has 0 radical (unpaired) electrons. The molecule has 0 spiro atoms. The number of carboxylic acid groups (broad SMARTS) is 1. The van der Waals surface area contributed by atoms with Gasteiger partial charge in [0.05, 0.1) is 95.5 Å². The number of rotatable bonds is 29. The van der Waals surface area contributed by atoms with Crippen LogP contribution in [0.4, 0.5) is 5.69 Å². The van der Waals surface area contributed by atoms with Crippen molar-refractivity contribution in [2.45, 2.75) is 0 Å². The van der Waals surface area contributed by atoms with Crippen LogP contribution in [0.3, 0.4) is 0 Å². The number of carboxylic acids is 1. The van der Waals surface area contributed by atoms with Gasteiger partial charge in [-0.15, -0.1) is 0 Å². The molecule has 2 amide bonds. The van der Waals surface area contributed by atoms with Crippen molar-refractivity contribution in [1.29, 1.82) is 0 Å². The second-order valence-corrected chi connectivity index (χ2v) is 18.1. The summed E-state index contributed by atoms with van der Waals surface area (Å²) in [4.78, 5) is 54.2. The van der Waals surface area contributed by atoms with Crippen molar-refractivity contribution >= 4 is 69.8 Å². The van der Waals surface area contributed by atoms with E-state index in [9.17, 15) is 14.4 Å². The molecule has 406 valence electrons. The average molecular weight is 1070 g/mol. The molecular formula is C62H62N6O11. The number of ether oxygens (including phenoxy) is 7. The maximum absolute atomic E-state index is 13.0. The number of anilines is 1. The third kappa shape index (κ3) is 15.6. The number of hydrogen-bond donors (Lipinski definition) is 5. The third-order valence-corrected chi connectivity index (χ3v) is 12.5. The Labute approximate surface area is 457 Å². The number of nitrogens with one attached hydrogen (secondary N) is 4. The molecule has 0 fully saturated rings. The molecule has 0 aliphatic carbocycles. The highest BCUT2D eigenvalue weighted by molar-refractivity contribution is 6.00. The molecule has 17 heteroatoms. The molecule has 5 heterocycles. The van der Waals surface area contributed by atoms with Gasteiger partial charge in [0.2, 0.25) is 11.8 Å². The molecule has 2 aliphatic heterocycles. The van der Waals surface area contributed by atoms with Crippen molar-refractivity contribution in [3.63, 3.8) is 0 Å². The number of aromatic nitrogens is 4. The normalized spacial score (nSPS) is 11.7. The van der Waals surface area contributed by atoms with Crippen LogP contribution in [0.2, 0.25) is 0 Å². The van der Waals surface area contributed by atoms with Crippen LogP contribution < -0.4 is 10.6 Å². The number of fused-ring (bicyclic) bond motifs is 8. The summed E-state index contributed by atoms with van der Waals surface area (Å²) in [5.74, 6) is -1.80. The summed E-state index contributed by atoms with van der Waals surface area (Å²) < 4.78 is 37.5. The number of benzene rings is 4. The predicted molar refractivity (Wildman–Crippen MR) is 306 cm³/mol. The second-order valence-electron chi connectivity index (χ2n) is 18.1. The van der Waals surface area contributed by atoms with E-state index in [1.54, 1.807) is 0 Å². The molecule has 4 aromatic carbocycles. The molecule has 17 nitrogen and oxygen atoms in total. The zero-order valence-electron chi connectivity index (χ0n) is 43.6. The van der Waals surface area contributed by atoms with E-state index in [2.05, 4.69) is 106 Å². The van der Waals surface area contributed by atoms with E-state index in [4.69, 9.17) is 48.2 Å². The van der Waals surface area contributed by atoms with E-state index < -0.39 is 11.9 Å². The van der Waals surface area contributed by atoms with Gasteiger partial charge in [-0.1, -0.05) is 103 Å². The van der Waals surface area contributed by atoms with Crippen LogP contribution in [0.25, 0.3) is 90.9 Å². The summed E-state index contributed by atoms with van der Waals surface area (Å²) in [6.07, 6.45) is 8.18. The monoisotopic (exact) mass is 1070 g/mol. The van der Waals surface area contributed by atoms with Crippen LogP contribution in [-0.2, 0) is 47.5 Å². The van der Waals surface area contributed by atoms with E-state index in [1.807, 2.05) is 78.9 Å². The molecule has 9 rings (SSSR count). The van der Waals surface area contributed by atoms with Gasteiger partial charge in [-0.05, 0) is 83.0 Å². The Morgan fingerprint density at radius 3 is 1.19 bits per heavy atom. The van der Waals surface area contributed by atoms with Crippen LogP contribution in [0, 0.1) is 0 Å². The van der Waals surface area contributed by atoms with Crippen molar-refractivity contribution in [3.05, 3.63) is 162 Å². The van der Waals surface area contributed by atoms with Gasteiger partial charge in [0, 0.05) is 56.6 Å². The maximum atomic E-state index is 13.0. The summed E-state index contributed by atoms with van der Waals surface area (Å²) in [6, 6.07) is 47.0. The van der Waals surface area contributed by atoms with Gasteiger partial charge in [-0.2, -0.15) is 0 Å². The van der Waals surface area contributed by atoms with Crippen molar-refractivity contribution < 1.29 is 52.6 Å². The lowest BCUT2D eigenvalue weighted by molar-refractivity contribution is -0.142. The summed E-state index contributed by atoms with van der Waals surface area (Å²) in [5, 5.41) is 14.1. The summed E-state index contributed by atoms with van der Waals surface area (Å²) in [6.45, 7) is 3.19. The first kappa shape index (κ1) is 55.4. The molecule has 3 aromatic heterocycles. The first-order valence-corrected chi connectivity index (χ1v) is 26.1. The summed E-state index contributed by atoms with van der Waals surface area (Å²) in [7, 11) is 0. The van der Waals surface area contributed by atoms with E-state index in [0.29, 0.717) is 65.1 Å². The molecule has 8 bridgehead atoms. The van der Waals surface area contributed by atoms with Crippen molar-refractivity contribution in [2.24, 2.45) is 0 Å². The lowest BCUT2D eigenvalue weighted by Crippen LogP contribution is -2.32. The number of amides is 2. The number of hydrogen-bond acceptors (Lipinski definition) is 12. The van der Waals surface area contributed by atoms with Gasteiger partial charge in [0.1, 0.15) is 19.8 Å². The fourth-order valence-electron chi connectivity index (χ4n) is 8.96. The Hall–Kier alpha value is -8.39. The maximum Gasteiger partial charge on any atom is 0.329 e. The predicted octanol–water partition coefficient (Wildman–Crippen LogP) is 9.58. The number of aliphatic carboxylic acids is 1. The summed E-state index contributed by atoms with van der Waals surface area (Å²) in [5.41, 5.74) is 15.0. The van der Waals surface area contributed by atoms with Gasteiger partial charge in [-0.3, -0.25) is 9.59 Å². The van der Waals surface area contributed by atoms with Gasteiger partial charge >= 0.3 is 5.97 Å². The Morgan fingerprint density at radius 1 is 0.380 bits per heavy atom. The van der Waals surface area contributed by atoms with Crippen LogP contribution in [-0.4, -0.2) is 142 Å². The molecule has 0 atom stereocenters. The largest absolute Gasteiger partial charge is 0.480 e. The molecule has 79 heavy (non-hydrogen) atoms. The topological polar surface area (TPSA) is 217 Å². The molecule has 0 saturated heterocycles. The van der Waals surface area contributed by atoms with Crippen LogP contribution in [0.1, 0.15) is 22.8 Å². The Kier molecular flexibility index (Phi) is 20.2. The standard InChI is InChI=1S/C62H62N6O11/c69-56(63-28-29-73-30-31-74-32-33-75-34-35-76-36-37-77-38-39-78-42-58(71)72)40-79-41-57(70)64-47-18-16-46(17-19-47)62-54-26-24-52(67-54)60(44-12-6-2-7-13-44)50-22-20-48(65-50)59(43-10-4-1-5-11-43)49-21-23-51(66-49)61(45-14-8-3-9-15-45)53-25-27-55(62)68-53/h1-27,65-66H,28-42H2,(H,63,69)(H,64,70)(H,71,72).